The molecule has 3 aromatic rings. The third kappa shape index (κ3) is 3.99. The number of hydrogen-bond donors (Lipinski definition) is 1. The van der Waals surface area contributed by atoms with Gasteiger partial charge in [0.1, 0.15) is 11.4 Å². The van der Waals surface area contributed by atoms with Crippen LogP contribution in [-0.2, 0) is 25.8 Å². The minimum atomic E-state index is -4.68. The molecular formula is C18H14F6N6O. The van der Waals surface area contributed by atoms with Crippen LogP contribution in [0.25, 0.3) is 5.69 Å². The molecule has 13 heteroatoms. The molecular weight excluding hydrogens is 430 g/mol. The third-order valence-electron chi connectivity index (χ3n) is 4.87. The first-order chi connectivity index (χ1) is 14.4. The summed E-state index contributed by atoms with van der Waals surface area (Å²) in [6.45, 7) is 0. The summed E-state index contributed by atoms with van der Waals surface area (Å²) in [5.74, 6) is -0.751. The van der Waals surface area contributed by atoms with Crippen LogP contribution >= 0.6 is 0 Å². The fourth-order valence-electron chi connectivity index (χ4n) is 3.39. The van der Waals surface area contributed by atoms with Gasteiger partial charge in [-0.3, -0.25) is 14.5 Å². The SMILES string of the molecule is Cn1nc(C(F)(F)F)cc1C(=O)NC1CCc2nn(-c3ccnc(C(F)(F)F)c3)cc21. The van der Waals surface area contributed by atoms with Crippen LogP contribution in [0.1, 0.15) is 45.6 Å². The fraction of sp³-hybridized carbons (Fsp3) is 0.333. The Hall–Kier alpha value is -3.38. The minimum Gasteiger partial charge on any atom is -0.344 e. The normalized spacial score (nSPS) is 16.4. The van der Waals surface area contributed by atoms with Crippen molar-refractivity contribution < 1.29 is 31.1 Å². The Balaban J connectivity index is 1.56. The highest BCUT2D eigenvalue weighted by molar-refractivity contribution is 5.93. The van der Waals surface area contributed by atoms with Crippen molar-refractivity contribution in [2.24, 2.45) is 7.05 Å². The van der Waals surface area contributed by atoms with Crippen LogP contribution in [0.5, 0.6) is 0 Å². The monoisotopic (exact) mass is 444 g/mol. The summed E-state index contributed by atoms with van der Waals surface area (Å²) in [5, 5.41) is 10.2. The summed E-state index contributed by atoms with van der Waals surface area (Å²) in [7, 11) is 1.23. The molecule has 0 fully saturated rings. The number of halogens is 6. The van der Waals surface area contributed by atoms with Crippen LogP contribution in [0.4, 0.5) is 26.3 Å². The number of rotatable bonds is 3. The van der Waals surface area contributed by atoms with E-state index in [4.69, 9.17) is 0 Å². The molecule has 0 aromatic carbocycles. The van der Waals surface area contributed by atoms with Gasteiger partial charge in [0.05, 0.1) is 17.4 Å². The number of nitrogens with one attached hydrogen (secondary N) is 1. The minimum absolute atomic E-state index is 0.142. The number of aryl methyl sites for hydroxylation is 2. The van der Waals surface area contributed by atoms with Crippen LogP contribution in [0, 0.1) is 0 Å². The van der Waals surface area contributed by atoms with E-state index in [9.17, 15) is 31.1 Å². The topological polar surface area (TPSA) is 77.6 Å². The van der Waals surface area contributed by atoms with Crippen molar-refractivity contribution in [1.82, 2.24) is 29.9 Å². The van der Waals surface area contributed by atoms with Crippen LogP contribution in [0.3, 0.4) is 0 Å². The lowest BCUT2D eigenvalue weighted by atomic mass is 10.2. The molecule has 1 unspecified atom stereocenters. The largest absolute Gasteiger partial charge is 0.435 e. The van der Waals surface area contributed by atoms with Gasteiger partial charge in [-0.05, 0) is 25.0 Å². The van der Waals surface area contributed by atoms with Crippen molar-refractivity contribution in [2.75, 3.05) is 0 Å². The lowest BCUT2D eigenvalue weighted by Crippen LogP contribution is -2.28. The Kier molecular flexibility index (Phi) is 4.78. The van der Waals surface area contributed by atoms with E-state index < -0.39 is 35.7 Å². The number of alkyl halides is 6. The average molecular weight is 444 g/mol. The van der Waals surface area contributed by atoms with Gasteiger partial charge in [0.25, 0.3) is 5.91 Å². The molecule has 1 N–H and O–H groups in total. The highest BCUT2D eigenvalue weighted by Crippen LogP contribution is 2.33. The number of pyridine rings is 1. The number of carbonyl (C=O) groups is 1. The number of carbonyl (C=O) groups excluding carboxylic acids is 1. The molecule has 1 atom stereocenters. The van der Waals surface area contributed by atoms with E-state index in [1.165, 1.54) is 24.0 Å². The van der Waals surface area contributed by atoms with E-state index in [2.05, 4.69) is 20.5 Å². The van der Waals surface area contributed by atoms with Crippen LogP contribution in [-0.4, -0.2) is 30.5 Å². The second-order valence-corrected chi connectivity index (χ2v) is 6.97. The maximum Gasteiger partial charge on any atom is 0.435 e. The van der Waals surface area contributed by atoms with Gasteiger partial charge in [-0.25, -0.2) is 4.68 Å². The second kappa shape index (κ2) is 7.10. The van der Waals surface area contributed by atoms with Crippen molar-refractivity contribution >= 4 is 5.91 Å². The Morgan fingerprint density at radius 1 is 1.10 bits per heavy atom. The van der Waals surface area contributed by atoms with Gasteiger partial charge in [0.2, 0.25) is 0 Å². The first kappa shape index (κ1) is 20.9. The first-order valence-electron chi connectivity index (χ1n) is 8.97. The predicted octanol–water partition coefficient (Wildman–Crippen LogP) is 3.46. The lowest BCUT2D eigenvalue weighted by Gasteiger charge is -2.13. The lowest BCUT2D eigenvalue weighted by molar-refractivity contribution is -0.142. The summed E-state index contributed by atoms with van der Waals surface area (Å²) < 4.78 is 79.3. The number of nitrogens with zero attached hydrogens (tertiary/aromatic N) is 5. The molecule has 4 rings (SSSR count). The molecule has 1 amide bonds. The molecule has 0 saturated heterocycles. The smallest absolute Gasteiger partial charge is 0.344 e. The Labute approximate surface area is 170 Å². The third-order valence-corrected chi connectivity index (χ3v) is 4.87. The second-order valence-electron chi connectivity index (χ2n) is 6.97. The highest BCUT2D eigenvalue weighted by atomic mass is 19.4. The fourth-order valence-corrected chi connectivity index (χ4v) is 3.39. The molecule has 0 bridgehead atoms. The van der Waals surface area contributed by atoms with Gasteiger partial charge in [0, 0.05) is 31.1 Å². The molecule has 1 aliphatic carbocycles. The van der Waals surface area contributed by atoms with Crippen molar-refractivity contribution in [3.63, 3.8) is 0 Å². The molecule has 3 heterocycles. The molecule has 31 heavy (non-hydrogen) atoms. The predicted molar refractivity (Wildman–Crippen MR) is 93.1 cm³/mol. The zero-order valence-corrected chi connectivity index (χ0v) is 15.8. The van der Waals surface area contributed by atoms with Crippen LogP contribution in [0.15, 0.2) is 30.6 Å². The van der Waals surface area contributed by atoms with Crippen molar-refractivity contribution in [2.45, 2.75) is 31.2 Å². The zero-order chi connectivity index (χ0) is 22.6. The molecule has 1 aliphatic rings. The molecule has 7 nitrogen and oxygen atoms in total. The van der Waals surface area contributed by atoms with E-state index >= 15 is 0 Å². The van der Waals surface area contributed by atoms with E-state index in [0.717, 1.165) is 16.9 Å². The molecule has 0 saturated carbocycles. The van der Waals surface area contributed by atoms with E-state index in [1.807, 2.05) is 0 Å². The van der Waals surface area contributed by atoms with E-state index in [-0.39, 0.29) is 11.4 Å². The Morgan fingerprint density at radius 2 is 1.81 bits per heavy atom. The molecule has 3 aromatic heterocycles. The summed E-state index contributed by atoms with van der Waals surface area (Å²) in [4.78, 5) is 15.8. The zero-order valence-electron chi connectivity index (χ0n) is 15.8. The molecule has 0 spiro atoms. The maximum atomic E-state index is 12.9. The average Bonchev–Trinajstić information content (AvgIpc) is 3.36. The summed E-state index contributed by atoms with van der Waals surface area (Å²) in [6.07, 6.45) is -5.88. The van der Waals surface area contributed by atoms with Gasteiger partial charge in [-0.15, -0.1) is 0 Å². The maximum absolute atomic E-state index is 12.9. The van der Waals surface area contributed by atoms with Crippen LogP contribution in [0.2, 0.25) is 0 Å². The number of hydrogen-bond acceptors (Lipinski definition) is 4. The molecule has 164 valence electrons. The summed E-state index contributed by atoms with van der Waals surface area (Å²) in [6, 6.07) is 2.32. The molecule has 0 radical (unpaired) electrons. The highest BCUT2D eigenvalue weighted by Gasteiger charge is 2.36. The summed E-state index contributed by atoms with van der Waals surface area (Å²) >= 11 is 0. The van der Waals surface area contributed by atoms with Crippen LogP contribution < -0.4 is 5.32 Å². The first-order valence-corrected chi connectivity index (χ1v) is 8.97. The van der Waals surface area contributed by atoms with Crippen molar-refractivity contribution in [3.05, 3.63) is 58.9 Å². The summed E-state index contributed by atoms with van der Waals surface area (Å²) in [5.41, 5.74) is -1.21. The number of amides is 1. The van der Waals surface area contributed by atoms with Gasteiger partial charge in [-0.1, -0.05) is 0 Å². The van der Waals surface area contributed by atoms with Crippen molar-refractivity contribution in [3.8, 4) is 5.69 Å². The Bertz CT molecular complexity index is 1150. The number of aromatic nitrogens is 5. The van der Waals surface area contributed by atoms with E-state index in [0.29, 0.717) is 30.2 Å². The number of fused-ring (bicyclic) bond motifs is 1. The van der Waals surface area contributed by atoms with Gasteiger partial charge < -0.3 is 5.32 Å². The standard InChI is InChI=1S/C18H14F6N6O/c1-29-13(7-15(28-29)18(22,23)24)16(31)26-11-2-3-12-10(11)8-30(27-12)9-4-5-25-14(6-9)17(19,20)21/h4-8,11H,2-3H2,1H3,(H,26,31). The van der Waals surface area contributed by atoms with Gasteiger partial charge in [0.15, 0.2) is 5.69 Å². The molecule has 0 aliphatic heterocycles. The van der Waals surface area contributed by atoms with E-state index in [1.54, 1.807) is 0 Å². The quantitative estimate of drug-likeness (QED) is 0.628. The Morgan fingerprint density at radius 3 is 2.45 bits per heavy atom. The van der Waals surface area contributed by atoms with Gasteiger partial charge in [-0.2, -0.15) is 36.5 Å². The van der Waals surface area contributed by atoms with Gasteiger partial charge >= 0.3 is 12.4 Å². The van der Waals surface area contributed by atoms with Crippen molar-refractivity contribution in [1.29, 1.82) is 0 Å².